The number of hydrogen-bond acceptors (Lipinski definition) is 4. The number of piperazine rings is 1. The van der Waals surface area contributed by atoms with Gasteiger partial charge in [0.2, 0.25) is 5.91 Å². The second kappa shape index (κ2) is 7.25. The molecule has 2 aliphatic heterocycles. The summed E-state index contributed by atoms with van der Waals surface area (Å²) in [5.41, 5.74) is 1.90. The molecule has 6 nitrogen and oxygen atoms in total. The Balaban J connectivity index is 1.68. The summed E-state index contributed by atoms with van der Waals surface area (Å²) < 4.78 is 4.57. The molecule has 2 fully saturated rings. The molecule has 2 bridgehead atoms. The Morgan fingerprint density at radius 2 is 1.68 bits per heavy atom. The molecule has 3 rings (SSSR count). The van der Waals surface area contributed by atoms with Gasteiger partial charge in [-0.3, -0.25) is 14.4 Å². The standard InChI is InChI=1S/C19H24N2O4/c1-3-13-4-6-14(7-5-13)19(24)21-15-8-9-16(21)12-20(11-15)17(22)10-18(23)25-2/h4-7,15-16H,3,8-12H2,1-2H3. The number of amides is 2. The van der Waals surface area contributed by atoms with Gasteiger partial charge in [0, 0.05) is 18.7 Å². The van der Waals surface area contributed by atoms with Gasteiger partial charge < -0.3 is 14.5 Å². The van der Waals surface area contributed by atoms with Gasteiger partial charge in [-0.1, -0.05) is 19.1 Å². The van der Waals surface area contributed by atoms with Crippen molar-refractivity contribution in [3.8, 4) is 0 Å². The van der Waals surface area contributed by atoms with Crippen LogP contribution in [0, 0.1) is 0 Å². The maximum Gasteiger partial charge on any atom is 0.315 e. The topological polar surface area (TPSA) is 66.9 Å². The molecule has 0 saturated carbocycles. The highest BCUT2D eigenvalue weighted by atomic mass is 16.5. The largest absolute Gasteiger partial charge is 0.469 e. The van der Waals surface area contributed by atoms with Crippen LogP contribution in [0.25, 0.3) is 0 Å². The van der Waals surface area contributed by atoms with Crippen LogP contribution in [-0.2, 0) is 20.7 Å². The van der Waals surface area contributed by atoms with Crippen molar-refractivity contribution in [2.75, 3.05) is 20.2 Å². The maximum atomic E-state index is 12.9. The Morgan fingerprint density at radius 1 is 1.08 bits per heavy atom. The van der Waals surface area contributed by atoms with Crippen LogP contribution in [0.15, 0.2) is 24.3 Å². The van der Waals surface area contributed by atoms with E-state index in [0.29, 0.717) is 18.7 Å². The number of hydrogen-bond donors (Lipinski definition) is 0. The molecule has 6 heteroatoms. The number of carbonyl (C=O) groups excluding carboxylic acids is 3. The van der Waals surface area contributed by atoms with E-state index >= 15 is 0 Å². The lowest BCUT2D eigenvalue weighted by Crippen LogP contribution is -2.57. The van der Waals surface area contributed by atoms with Crippen LogP contribution < -0.4 is 0 Å². The van der Waals surface area contributed by atoms with Crippen LogP contribution in [0.3, 0.4) is 0 Å². The minimum absolute atomic E-state index is 0.0266. The molecule has 0 spiro atoms. The average molecular weight is 344 g/mol. The average Bonchev–Trinajstić information content (AvgIpc) is 2.90. The van der Waals surface area contributed by atoms with Crippen LogP contribution in [0.1, 0.15) is 42.1 Å². The molecule has 0 radical (unpaired) electrons. The zero-order valence-corrected chi connectivity index (χ0v) is 14.7. The first-order valence-electron chi connectivity index (χ1n) is 8.79. The van der Waals surface area contributed by atoms with Crippen molar-refractivity contribution in [1.29, 1.82) is 0 Å². The highest BCUT2D eigenvalue weighted by molar-refractivity contribution is 5.96. The van der Waals surface area contributed by atoms with Gasteiger partial charge in [-0.15, -0.1) is 0 Å². The zero-order valence-electron chi connectivity index (χ0n) is 14.7. The summed E-state index contributed by atoms with van der Waals surface area (Å²) in [5, 5.41) is 0. The fraction of sp³-hybridized carbons (Fsp3) is 0.526. The van der Waals surface area contributed by atoms with Gasteiger partial charge in [-0.25, -0.2) is 0 Å². The molecule has 1 aromatic rings. The Bertz CT molecular complexity index is 657. The van der Waals surface area contributed by atoms with Gasteiger partial charge >= 0.3 is 5.97 Å². The predicted octanol–water partition coefficient (Wildman–Crippen LogP) is 1.63. The summed E-state index contributed by atoms with van der Waals surface area (Å²) in [6.45, 7) is 3.07. The number of esters is 1. The van der Waals surface area contributed by atoms with E-state index in [9.17, 15) is 14.4 Å². The van der Waals surface area contributed by atoms with Gasteiger partial charge in [0.15, 0.2) is 0 Å². The van der Waals surface area contributed by atoms with E-state index in [-0.39, 0.29) is 30.3 Å². The van der Waals surface area contributed by atoms with E-state index < -0.39 is 5.97 Å². The SMILES string of the molecule is CCc1ccc(C(=O)N2C3CCC2CN(C(=O)CC(=O)OC)C3)cc1. The van der Waals surface area contributed by atoms with E-state index in [1.807, 2.05) is 29.2 Å². The lowest BCUT2D eigenvalue weighted by atomic mass is 10.1. The smallest absolute Gasteiger partial charge is 0.315 e. The van der Waals surface area contributed by atoms with E-state index in [1.165, 1.54) is 12.7 Å². The molecular formula is C19H24N2O4. The first-order valence-corrected chi connectivity index (χ1v) is 8.79. The van der Waals surface area contributed by atoms with E-state index in [0.717, 1.165) is 19.3 Å². The third kappa shape index (κ3) is 3.52. The van der Waals surface area contributed by atoms with Crippen LogP contribution in [-0.4, -0.2) is 59.9 Å². The predicted molar refractivity (Wildman–Crippen MR) is 92.0 cm³/mol. The molecular weight excluding hydrogens is 320 g/mol. The summed E-state index contributed by atoms with van der Waals surface area (Å²) in [6, 6.07) is 7.80. The molecule has 2 heterocycles. The Labute approximate surface area is 147 Å². The van der Waals surface area contributed by atoms with Crippen molar-refractivity contribution < 1.29 is 19.1 Å². The molecule has 2 amide bonds. The second-order valence-electron chi connectivity index (χ2n) is 6.70. The first kappa shape index (κ1) is 17.5. The molecule has 25 heavy (non-hydrogen) atoms. The molecule has 0 aliphatic carbocycles. The van der Waals surface area contributed by atoms with Crippen LogP contribution in [0.5, 0.6) is 0 Å². The number of likely N-dealkylation sites (tertiary alicyclic amines) is 1. The minimum atomic E-state index is -0.521. The number of benzene rings is 1. The van der Waals surface area contributed by atoms with Crippen molar-refractivity contribution in [1.82, 2.24) is 9.80 Å². The van der Waals surface area contributed by atoms with Crippen molar-refractivity contribution in [3.05, 3.63) is 35.4 Å². The molecule has 2 atom stereocenters. The first-order chi connectivity index (χ1) is 12.0. The number of rotatable bonds is 4. The number of carbonyl (C=O) groups is 3. The molecule has 0 aromatic heterocycles. The Hall–Kier alpha value is -2.37. The summed E-state index contributed by atoms with van der Waals surface area (Å²) in [4.78, 5) is 40.1. The molecule has 2 saturated heterocycles. The van der Waals surface area contributed by atoms with Crippen molar-refractivity contribution >= 4 is 17.8 Å². The minimum Gasteiger partial charge on any atom is -0.469 e. The fourth-order valence-corrected chi connectivity index (χ4v) is 3.78. The summed E-state index contributed by atoms with van der Waals surface area (Å²) in [6.07, 6.45) is 2.50. The highest BCUT2D eigenvalue weighted by Gasteiger charge is 2.44. The van der Waals surface area contributed by atoms with Crippen molar-refractivity contribution in [3.63, 3.8) is 0 Å². The summed E-state index contributed by atoms with van der Waals surface area (Å²) in [5.74, 6) is -0.703. The van der Waals surface area contributed by atoms with Gasteiger partial charge in [-0.05, 0) is 37.0 Å². The molecule has 2 aliphatic rings. The third-order valence-corrected chi connectivity index (χ3v) is 5.20. The van der Waals surface area contributed by atoms with Gasteiger partial charge in [0.05, 0.1) is 19.2 Å². The molecule has 134 valence electrons. The van der Waals surface area contributed by atoms with Crippen LogP contribution in [0.2, 0.25) is 0 Å². The monoisotopic (exact) mass is 344 g/mol. The van der Waals surface area contributed by atoms with Crippen LogP contribution >= 0.6 is 0 Å². The Kier molecular flexibility index (Phi) is 5.06. The quantitative estimate of drug-likeness (QED) is 0.615. The third-order valence-electron chi connectivity index (χ3n) is 5.20. The van der Waals surface area contributed by atoms with Crippen molar-refractivity contribution in [2.24, 2.45) is 0 Å². The normalized spacial score (nSPS) is 22.0. The molecule has 1 aromatic carbocycles. The molecule has 2 unspecified atom stereocenters. The van der Waals surface area contributed by atoms with E-state index in [2.05, 4.69) is 11.7 Å². The lowest BCUT2D eigenvalue weighted by molar-refractivity contribution is -0.147. The lowest BCUT2D eigenvalue weighted by Gasteiger charge is -2.41. The van der Waals surface area contributed by atoms with Gasteiger partial charge in [-0.2, -0.15) is 0 Å². The number of aryl methyl sites for hydroxylation is 1. The van der Waals surface area contributed by atoms with Crippen molar-refractivity contribution in [2.45, 2.75) is 44.7 Å². The fourth-order valence-electron chi connectivity index (χ4n) is 3.78. The number of fused-ring (bicyclic) bond motifs is 2. The van der Waals surface area contributed by atoms with E-state index in [1.54, 1.807) is 4.90 Å². The number of ether oxygens (including phenoxy) is 1. The Morgan fingerprint density at radius 3 is 2.20 bits per heavy atom. The maximum absolute atomic E-state index is 12.9. The zero-order chi connectivity index (χ0) is 18.0. The van der Waals surface area contributed by atoms with Gasteiger partial charge in [0.25, 0.3) is 5.91 Å². The number of methoxy groups -OCH3 is 1. The highest BCUT2D eigenvalue weighted by Crippen LogP contribution is 2.32. The second-order valence-corrected chi connectivity index (χ2v) is 6.70. The number of nitrogens with zero attached hydrogens (tertiary/aromatic N) is 2. The van der Waals surface area contributed by atoms with Gasteiger partial charge in [0.1, 0.15) is 6.42 Å². The summed E-state index contributed by atoms with van der Waals surface area (Å²) >= 11 is 0. The molecule has 0 N–H and O–H groups in total. The van der Waals surface area contributed by atoms with E-state index in [4.69, 9.17) is 0 Å². The summed E-state index contributed by atoms with van der Waals surface area (Å²) in [7, 11) is 1.28. The van der Waals surface area contributed by atoms with Crippen LogP contribution in [0.4, 0.5) is 0 Å².